The van der Waals surface area contributed by atoms with E-state index in [-0.39, 0.29) is 6.29 Å². The van der Waals surface area contributed by atoms with Crippen molar-refractivity contribution in [2.75, 3.05) is 13.2 Å². The molecule has 1 fully saturated rings. The van der Waals surface area contributed by atoms with Gasteiger partial charge in [-0.1, -0.05) is 69.8 Å². The summed E-state index contributed by atoms with van der Waals surface area (Å²) in [5.41, 5.74) is 0. The second-order valence-corrected chi connectivity index (χ2v) is 6.58. The van der Waals surface area contributed by atoms with Crippen molar-refractivity contribution in [1.29, 1.82) is 0 Å². The van der Waals surface area contributed by atoms with Gasteiger partial charge in [0.1, 0.15) is 0 Å². The van der Waals surface area contributed by atoms with Crippen molar-refractivity contribution in [3.63, 3.8) is 0 Å². The molecule has 0 aliphatic carbocycles. The quantitative estimate of drug-likeness (QED) is 0.266. The van der Waals surface area contributed by atoms with Gasteiger partial charge in [0.2, 0.25) is 0 Å². The number of rotatable bonds is 14. The third-order valence-electron chi connectivity index (χ3n) is 4.30. The van der Waals surface area contributed by atoms with E-state index in [1.807, 2.05) is 0 Å². The van der Waals surface area contributed by atoms with E-state index in [1.54, 1.807) is 0 Å². The van der Waals surface area contributed by atoms with E-state index in [0.29, 0.717) is 0 Å². The first-order valence-corrected chi connectivity index (χ1v) is 9.98. The maximum absolute atomic E-state index is 5.75. The zero-order valence-corrected chi connectivity index (χ0v) is 15.3. The Labute approximate surface area is 144 Å². The lowest BCUT2D eigenvalue weighted by atomic mass is 10.1. The van der Waals surface area contributed by atoms with E-state index in [0.717, 1.165) is 19.6 Å². The molecule has 1 atom stereocenters. The molecular formula is C21H38O2. The summed E-state index contributed by atoms with van der Waals surface area (Å²) >= 11 is 0. The molecule has 0 aromatic carbocycles. The van der Waals surface area contributed by atoms with Gasteiger partial charge in [-0.25, -0.2) is 0 Å². The number of allylic oxidation sites excluding steroid dienone is 4. The maximum Gasteiger partial charge on any atom is 0.157 e. The molecule has 1 heterocycles. The Balaban J connectivity index is 1.74. The third-order valence-corrected chi connectivity index (χ3v) is 4.30. The summed E-state index contributed by atoms with van der Waals surface area (Å²) in [7, 11) is 0. The lowest BCUT2D eigenvalue weighted by molar-refractivity contribution is -0.162. The van der Waals surface area contributed by atoms with Crippen molar-refractivity contribution < 1.29 is 9.47 Å². The first-order valence-electron chi connectivity index (χ1n) is 9.98. The molecule has 1 rings (SSSR count). The highest BCUT2D eigenvalue weighted by Crippen LogP contribution is 2.14. The van der Waals surface area contributed by atoms with E-state index >= 15 is 0 Å². The molecule has 134 valence electrons. The SMILES string of the molecule is CCC/C=C\C=C\CCCCCCCCCOC1CCCCO1. The smallest absolute Gasteiger partial charge is 0.157 e. The number of hydrogen-bond acceptors (Lipinski definition) is 2. The largest absolute Gasteiger partial charge is 0.353 e. The molecule has 0 aromatic heterocycles. The van der Waals surface area contributed by atoms with Crippen LogP contribution in [0.2, 0.25) is 0 Å². The molecule has 0 amide bonds. The van der Waals surface area contributed by atoms with Crippen molar-refractivity contribution in [2.24, 2.45) is 0 Å². The first-order chi connectivity index (χ1) is 11.4. The second kappa shape index (κ2) is 16.3. The van der Waals surface area contributed by atoms with Crippen molar-refractivity contribution in [3.05, 3.63) is 24.3 Å². The number of ether oxygens (including phenoxy) is 2. The molecule has 0 saturated carbocycles. The van der Waals surface area contributed by atoms with E-state index < -0.39 is 0 Å². The summed E-state index contributed by atoms with van der Waals surface area (Å²) < 4.78 is 11.3. The predicted molar refractivity (Wildman–Crippen MR) is 99.7 cm³/mol. The molecule has 1 aliphatic heterocycles. The zero-order chi connectivity index (χ0) is 16.4. The highest BCUT2D eigenvalue weighted by molar-refractivity contribution is 5.02. The lowest BCUT2D eigenvalue weighted by Crippen LogP contribution is -2.22. The minimum absolute atomic E-state index is 0.0913. The van der Waals surface area contributed by atoms with Gasteiger partial charge in [0, 0.05) is 13.2 Å². The molecule has 0 N–H and O–H groups in total. The summed E-state index contributed by atoms with van der Waals surface area (Å²) in [5, 5.41) is 0. The summed E-state index contributed by atoms with van der Waals surface area (Å²) in [4.78, 5) is 0. The first kappa shape index (κ1) is 20.4. The summed E-state index contributed by atoms with van der Waals surface area (Å²) in [5.74, 6) is 0. The molecule has 2 heteroatoms. The van der Waals surface area contributed by atoms with Gasteiger partial charge in [-0.05, 0) is 44.9 Å². The lowest BCUT2D eigenvalue weighted by Gasteiger charge is -2.22. The van der Waals surface area contributed by atoms with E-state index in [1.165, 1.54) is 77.0 Å². The maximum atomic E-state index is 5.75. The fourth-order valence-electron chi connectivity index (χ4n) is 2.82. The Hall–Kier alpha value is -0.600. The van der Waals surface area contributed by atoms with Crippen LogP contribution < -0.4 is 0 Å². The third kappa shape index (κ3) is 13.5. The van der Waals surface area contributed by atoms with E-state index in [9.17, 15) is 0 Å². The monoisotopic (exact) mass is 322 g/mol. The standard InChI is InChI=1S/C21H38O2/c1-2-3-4-5-6-7-8-9-10-11-12-13-14-16-19-22-21-18-15-17-20-23-21/h4-7,21H,2-3,8-20H2,1H3/b5-4-,7-6+. The normalized spacial score (nSPS) is 19.1. The van der Waals surface area contributed by atoms with Gasteiger partial charge in [-0.3, -0.25) is 0 Å². The number of hydrogen-bond donors (Lipinski definition) is 0. The molecule has 1 aliphatic rings. The van der Waals surface area contributed by atoms with Gasteiger partial charge in [0.05, 0.1) is 0 Å². The van der Waals surface area contributed by atoms with Gasteiger partial charge < -0.3 is 9.47 Å². The van der Waals surface area contributed by atoms with E-state index in [4.69, 9.17) is 9.47 Å². The molecule has 0 aromatic rings. The van der Waals surface area contributed by atoms with Crippen LogP contribution in [-0.4, -0.2) is 19.5 Å². The van der Waals surface area contributed by atoms with Crippen LogP contribution in [0.5, 0.6) is 0 Å². The average molecular weight is 323 g/mol. The second-order valence-electron chi connectivity index (χ2n) is 6.58. The summed E-state index contributed by atoms with van der Waals surface area (Å²) in [6.07, 6.45) is 25.5. The summed E-state index contributed by atoms with van der Waals surface area (Å²) in [6.45, 7) is 3.97. The Morgan fingerprint density at radius 1 is 0.870 bits per heavy atom. The minimum atomic E-state index is 0.0913. The Bertz CT molecular complexity index is 290. The molecule has 0 bridgehead atoms. The molecule has 1 saturated heterocycles. The zero-order valence-electron chi connectivity index (χ0n) is 15.3. The molecule has 0 radical (unpaired) electrons. The Morgan fingerprint density at radius 3 is 2.26 bits per heavy atom. The number of unbranched alkanes of at least 4 members (excludes halogenated alkanes) is 8. The van der Waals surface area contributed by atoms with Gasteiger partial charge in [-0.2, -0.15) is 0 Å². The Morgan fingerprint density at radius 2 is 1.57 bits per heavy atom. The van der Waals surface area contributed by atoms with Gasteiger partial charge >= 0.3 is 0 Å². The van der Waals surface area contributed by atoms with Crippen LogP contribution in [0.15, 0.2) is 24.3 Å². The van der Waals surface area contributed by atoms with Crippen LogP contribution >= 0.6 is 0 Å². The molecular weight excluding hydrogens is 284 g/mol. The van der Waals surface area contributed by atoms with Gasteiger partial charge in [0.15, 0.2) is 6.29 Å². The van der Waals surface area contributed by atoms with Crippen LogP contribution in [0, 0.1) is 0 Å². The highest BCUT2D eigenvalue weighted by atomic mass is 16.7. The molecule has 1 unspecified atom stereocenters. The van der Waals surface area contributed by atoms with Crippen LogP contribution in [0.25, 0.3) is 0 Å². The van der Waals surface area contributed by atoms with Crippen LogP contribution in [0.4, 0.5) is 0 Å². The molecule has 0 spiro atoms. The van der Waals surface area contributed by atoms with E-state index in [2.05, 4.69) is 31.2 Å². The minimum Gasteiger partial charge on any atom is -0.353 e. The van der Waals surface area contributed by atoms with Crippen molar-refractivity contribution in [3.8, 4) is 0 Å². The predicted octanol–water partition coefficient (Wildman–Crippen LogP) is 6.56. The Kier molecular flexibility index (Phi) is 14.5. The van der Waals surface area contributed by atoms with Crippen molar-refractivity contribution in [2.45, 2.75) is 96.7 Å². The fourth-order valence-corrected chi connectivity index (χ4v) is 2.82. The van der Waals surface area contributed by atoms with Crippen LogP contribution in [0.3, 0.4) is 0 Å². The highest BCUT2D eigenvalue weighted by Gasteiger charge is 2.13. The van der Waals surface area contributed by atoms with Crippen LogP contribution in [-0.2, 0) is 9.47 Å². The van der Waals surface area contributed by atoms with Crippen molar-refractivity contribution in [1.82, 2.24) is 0 Å². The molecule has 23 heavy (non-hydrogen) atoms. The van der Waals surface area contributed by atoms with Gasteiger partial charge in [-0.15, -0.1) is 0 Å². The van der Waals surface area contributed by atoms with Gasteiger partial charge in [0.25, 0.3) is 0 Å². The molecule has 2 nitrogen and oxygen atoms in total. The van der Waals surface area contributed by atoms with Crippen molar-refractivity contribution >= 4 is 0 Å². The fraction of sp³-hybridized carbons (Fsp3) is 0.810. The van der Waals surface area contributed by atoms with Crippen LogP contribution in [0.1, 0.15) is 90.4 Å². The summed E-state index contributed by atoms with van der Waals surface area (Å²) in [6, 6.07) is 0. The average Bonchev–Trinajstić information content (AvgIpc) is 2.59. The topological polar surface area (TPSA) is 18.5 Å².